The molecule has 0 saturated heterocycles. The summed E-state index contributed by atoms with van der Waals surface area (Å²) in [4.78, 5) is 34.6. The fourth-order valence-electron chi connectivity index (χ4n) is 4.48. The number of aliphatic imine (C=N–C) groups is 1. The maximum absolute atomic E-state index is 12.7. The zero-order valence-corrected chi connectivity index (χ0v) is 24.2. The van der Waals surface area contributed by atoms with E-state index in [2.05, 4.69) is 4.98 Å². The quantitative estimate of drug-likeness (QED) is 0.166. The molecule has 8 heteroatoms. The number of nitrogens with zero attached hydrogens (tertiary/aromatic N) is 2. The lowest BCUT2D eigenvalue weighted by Gasteiger charge is -2.27. The van der Waals surface area contributed by atoms with Gasteiger partial charge in [0.1, 0.15) is 5.60 Å². The summed E-state index contributed by atoms with van der Waals surface area (Å²) in [6.45, 7) is 10.6. The molecule has 8 nitrogen and oxygen atoms in total. The molecule has 0 fully saturated rings. The van der Waals surface area contributed by atoms with Crippen LogP contribution >= 0.6 is 0 Å². The maximum Gasteiger partial charge on any atom is 0.410 e. The van der Waals surface area contributed by atoms with E-state index in [9.17, 15) is 14.7 Å². The van der Waals surface area contributed by atoms with E-state index in [1.54, 1.807) is 30.0 Å². The van der Waals surface area contributed by atoms with Gasteiger partial charge in [0.15, 0.2) is 5.88 Å². The van der Waals surface area contributed by atoms with Crippen LogP contribution < -0.4 is 0 Å². The average molecular weight is 556 g/mol. The summed E-state index contributed by atoms with van der Waals surface area (Å²) >= 11 is 0. The van der Waals surface area contributed by atoms with Crippen LogP contribution in [0.1, 0.15) is 68.1 Å². The normalized spacial score (nSPS) is 11.9. The van der Waals surface area contributed by atoms with Crippen LogP contribution in [0.2, 0.25) is 0 Å². The van der Waals surface area contributed by atoms with E-state index in [0.717, 1.165) is 22.9 Å². The van der Waals surface area contributed by atoms with Gasteiger partial charge < -0.3 is 24.5 Å². The lowest BCUT2D eigenvalue weighted by Crippen LogP contribution is -2.36. The van der Waals surface area contributed by atoms with Gasteiger partial charge in [0, 0.05) is 29.6 Å². The molecule has 0 aliphatic rings. The second-order valence-corrected chi connectivity index (χ2v) is 10.7. The third-order valence-electron chi connectivity index (χ3n) is 6.27. The summed E-state index contributed by atoms with van der Waals surface area (Å²) in [6, 6.07) is 22.4. The Kier molecular flexibility index (Phi) is 9.12. The van der Waals surface area contributed by atoms with Gasteiger partial charge in [-0.3, -0.25) is 0 Å². The number of ether oxygens (including phenoxy) is 2. The second-order valence-electron chi connectivity index (χ2n) is 10.7. The number of aromatic amines is 1. The van der Waals surface area contributed by atoms with E-state index >= 15 is 0 Å². The molecule has 0 atom stereocenters. The molecular weight excluding hydrogens is 518 g/mol. The van der Waals surface area contributed by atoms with Crippen molar-refractivity contribution in [2.24, 2.45) is 4.99 Å². The Labute approximate surface area is 240 Å². The summed E-state index contributed by atoms with van der Waals surface area (Å²) in [7, 11) is 0. The number of carbonyl (C=O) groups is 2. The minimum atomic E-state index is -0.566. The van der Waals surface area contributed by atoms with E-state index in [1.165, 1.54) is 0 Å². The van der Waals surface area contributed by atoms with E-state index < -0.39 is 11.6 Å². The van der Waals surface area contributed by atoms with Crippen LogP contribution in [0.15, 0.2) is 77.8 Å². The molecule has 4 aromatic rings. The molecule has 1 heterocycles. The van der Waals surface area contributed by atoms with Gasteiger partial charge in [-0.1, -0.05) is 55.5 Å². The number of aromatic hydroxyl groups is 1. The van der Waals surface area contributed by atoms with Crippen molar-refractivity contribution in [3.8, 4) is 5.88 Å². The number of H-pyrrole nitrogens is 1. The van der Waals surface area contributed by atoms with Crippen molar-refractivity contribution in [2.75, 3.05) is 13.2 Å². The Bertz CT molecular complexity index is 1530. The van der Waals surface area contributed by atoms with E-state index in [-0.39, 0.29) is 18.6 Å². The smallest absolute Gasteiger partial charge is 0.410 e. The van der Waals surface area contributed by atoms with Crippen LogP contribution in [0.5, 0.6) is 5.88 Å². The maximum atomic E-state index is 12.7. The molecule has 214 valence electrons. The van der Waals surface area contributed by atoms with Crippen molar-refractivity contribution in [1.29, 1.82) is 0 Å². The van der Waals surface area contributed by atoms with Crippen molar-refractivity contribution < 1.29 is 24.2 Å². The summed E-state index contributed by atoms with van der Waals surface area (Å²) < 4.78 is 10.7. The van der Waals surface area contributed by atoms with Crippen molar-refractivity contribution in [3.63, 3.8) is 0 Å². The topological polar surface area (TPSA) is 104 Å². The Morgan fingerprint density at radius 2 is 1.66 bits per heavy atom. The van der Waals surface area contributed by atoms with Gasteiger partial charge in [0.05, 0.1) is 29.1 Å². The number of hydrogen-bond donors (Lipinski definition) is 2. The van der Waals surface area contributed by atoms with Gasteiger partial charge in [0.25, 0.3) is 0 Å². The summed E-state index contributed by atoms with van der Waals surface area (Å²) in [6.07, 6.45) is 0.478. The molecule has 3 aromatic carbocycles. The number of hydrogen-bond acceptors (Lipinski definition) is 6. The Morgan fingerprint density at radius 1 is 0.951 bits per heavy atom. The highest BCUT2D eigenvalue weighted by Gasteiger charge is 2.22. The molecule has 0 saturated carbocycles. The molecule has 0 unspecified atom stereocenters. The number of benzene rings is 3. The minimum Gasteiger partial charge on any atom is -0.494 e. The first kappa shape index (κ1) is 29.4. The van der Waals surface area contributed by atoms with E-state index in [1.807, 2.05) is 82.3 Å². The molecule has 0 radical (unpaired) electrons. The molecule has 4 rings (SSSR count). The molecule has 0 aliphatic carbocycles. The van der Waals surface area contributed by atoms with Crippen molar-refractivity contribution in [1.82, 2.24) is 9.88 Å². The first-order chi connectivity index (χ1) is 19.6. The van der Waals surface area contributed by atoms with Gasteiger partial charge in [-0.2, -0.15) is 0 Å². The molecule has 41 heavy (non-hydrogen) atoms. The van der Waals surface area contributed by atoms with Crippen LogP contribution in [0.25, 0.3) is 10.9 Å². The zero-order chi connectivity index (χ0) is 29.6. The fourth-order valence-corrected chi connectivity index (χ4v) is 4.48. The largest absolute Gasteiger partial charge is 0.494 e. The summed E-state index contributed by atoms with van der Waals surface area (Å²) in [5.41, 5.74) is 3.99. The number of aromatic nitrogens is 1. The highest BCUT2D eigenvalue weighted by Crippen LogP contribution is 2.32. The number of fused-ring (bicyclic) bond motifs is 1. The molecule has 1 amide bonds. The second kappa shape index (κ2) is 12.7. The van der Waals surface area contributed by atoms with Crippen molar-refractivity contribution >= 4 is 34.4 Å². The number of rotatable bonds is 9. The van der Waals surface area contributed by atoms with Gasteiger partial charge >= 0.3 is 12.1 Å². The van der Waals surface area contributed by atoms with E-state index in [0.29, 0.717) is 41.1 Å². The van der Waals surface area contributed by atoms with Gasteiger partial charge in [0.2, 0.25) is 0 Å². The third-order valence-corrected chi connectivity index (χ3v) is 6.27. The standard InChI is InChI=1S/C33H37N3O5/c1-6-19-36(32(39)41-33(3,4)5)21-22-13-16-25(17-14-22)34-29(23-11-9-8-10-12-23)28-26-18-15-24(31(38)40-7-2)20-27(26)35-30(28)37/h8-18,20,35,37H,6-7,19,21H2,1-5H3. The zero-order valence-electron chi connectivity index (χ0n) is 24.2. The molecule has 1 aromatic heterocycles. The minimum absolute atomic E-state index is 0.0483. The Hall–Kier alpha value is -4.59. The lowest BCUT2D eigenvalue weighted by molar-refractivity contribution is 0.0233. The van der Waals surface area contributed by atoms with Crippen LogP contribution in [-0.2, 0) is 16.0 Å². The fraction of sp³-hybridized carbons (Fsp3) is 0.303. The first-order valence-corrected chi connectivity index (χ1v) is 13.8. The SMILES string of the molecule is CCCN(Cc1ccc(N=C(c2ccccc2)c2c(O)[nH]c3cc(C(=O)OCC)ccc23)cc1)C(=O)OC(C)(C)C. The first-order valence-electron chi connectivity index (χ1n) is 13.8. The Balaban J connectivity index is 1.69. The van der Waals surface area contributed by atoms with Gasteiger partial charge in [-0.25, -0.2) is 14.6 Å². The number of esters is 1. The predicted octanol–water partition coefficient (Wildman–Crippen LogP) is 7.37. The Morgan fingerprint density at radius 3 is 2.29 bits per heavy atom. The third kappa shape index (κ3) is 7.33. The number of carbonyl (C=O) groups excluding carboxylic acids is 2. The van der Waals surface area contributed by atoms with Crippen LogP contribution in [0.3, 0.4) is 0 Å². The predicted molar refractivity (Wildman–Crippen MR) is 161 cm³/mol. The van der Waals surface area contributed by atoms with Crippen molar-refractivity contribution in [3.05, 3.63) is 95.1 Å². The molecule has 0 aliphatic heterocycles. The highest BCUT2D eigenvalue weighted by atomic mass is 16.6. The van der Waals surface area contributed by atoms with Gasteiger partial charge in [-0.15, -0.1) is 0 Å². The molecular formula is C33H37N3O5. The van der Waals surface area contributed by atoms with E-state index in [4.69, 9.17) is 14.5 Å². The summed E-state index contributed by atoms with van der Waals surface area (Å²) in [5.74, 6) is -0.473. The lowest BCUT2D eigenvalue weighted by atomic mass is 10.00. The highest BCUT2D eigenvalue weighted by molar-refractivity contribution is 6.22. The van der Waals surface area contributed by atoms with Crippen LogP contribution in [-0.4, -0.2) is 51.5 Å². The average Bonchev–Trinajstić information content (AvgIpc) is 3.26. The molecule has 0 spiro atoms. The molecule has 0 bridgehead atoms. The monoisotopic (exact) mass is 555 g/mol. The van der Waals surface area contributed by atoms with Crippen LogP contribution in [0, 0.1) is 0 Å². The van der Waals surface area contributed by atoms with Crippen molar-refractivity contribution in [2.45, 2.75) is 53.2 Å². The van der Waals surface area contributed by atoms with Crippen LogP contribution in [0.4, 0.5) is 10.5 Å². The van der Waals surface area contributed by atoms with Gasteiger partial charge in [-0.05, 0) is 63.9 Å². The summed E-state index contributed by atoms with van der Waals surface area (Å²) in [5, 5.41) is 11.7. The molecule has 2 N–H and O–H groups in total. The number of amides is 1. The number of nitrogens with one attached hydrogen (secondary N) is 1.